The molecule has 1 unspecified atom stereocenters. The second-order valence-electron chi connectivity index (χ2n) is 2.97. The standard InChI is InChI=1S/C8H14O2/c1-3-4-7-5-6(2)10-8(7)9/h6-7H,3-5H2,1-2H3/t6?,7-/m1/s1. The first-order valence-corrected chi connectivity index (χ1v) is 3.94. The van der Waals surface area contributed by atoms with Crippen LogP contribution in [0.15, 0.2) is 0 Å². The van der Waals surface area contributed by atoms with Gasteiger partial charge in [-0.3, -0.25) is 4.79 Å². The van der Waals surface area contributed by atoms with Gasteiger partial charge in [-0.05, 0) is 19.8 Å². The van der Waals surface area contributed by atoms with E-state index in [1.165, 1.54) is 0 Å². The molecule has 1 heterocycles. The summed E-state index contributed by atoms with van der Waals surface area (Å²) < 4.78 is 4.99. The van der Waals surface area contributed by atoms with Gasteiger partial charge in [-0.25, -0.2) is 0 Å². The summed E-state index contributed by atoms with van der Waals surface area (Å²) in [7, 11) is 0. The van der Waals surface area contributed by atoms with E-state index in [0.717, 1.165) is 19.3 Å². The predicted octanol–water partition coefficient (Wildman–Crippen LogP) is 1.74. The highest BCUT2D eigenvalue weighted by Gasteiger charge is 2.30. The van der Waals surface area contributed by atoms with Gasteiger partial charge in [0.2, 0.25) is 0 Å². The number of carbonyl (C=O) groups is 1. The van der Waals surface area contributed by atoms with Crippen LogP contribution in [0.4, 0.5) is 0 Å². The van der Waals surface area contributed by atoms with E-state index in [-0.39, 0.29) is 18.0 Å². The molecule has 0 saturated carbocycles. The Labute approximate surface area is 61.6 Å². The van der Waals surface area contributed by atoms with E-state index in [0.29, 0.717) is 0 Å². The van der Waals surface area contributed by atoms with Crippen molar-refractivity contribution in [3.63, 3.8) is 0 Å². The molecule has 0 aromatic heterocycles. The maximum absolute atomic E-state index is 11.0. The summed E-state index contributed by atoms with van der Waals surface area (Å²) in [5.41, 5.74) is 0. The van der Waals surface area contributed by atoms with Crippen molar-refractivity contribution in [3.8, 4) is 0 Å². The molecule has 0 spiro atoms. The third-order valence-corrected chi connectivity index (χ3v) is 1.90. The Morgan fingerprint density at radius 3 is 2.80 bits per heavy atom. The molecule has 1 saturated heterocycles. The summed E-state index contributed by atoms with van der Waals surface area (Å²) in [5, 5.41) is 0. The number of esters is 1. The number of hydrogen-bond donors (Lipinski definition) is 0. The van der Waals surface area contributed by atoms with Crippen LogP contribution in [-0.2, 0) is 9.53 Å². The van der Waals surface area contributed by atoms with Crippen LogP contribution in [0.2, 0.25) is 0 Å². The molecule has 58 valence electrons. The molecular formula is C8H14O2. The van der Waals surface area contributed by atoms with Gasteiger partial charge in [0.25, 0.3) is 0 Å². The molecule has 1 aliphatic heterocycles. The number of ether oxygens (including phenoxy) is 1. The first-order chi connectivity index (χ1) is 4.74. The maximum Gasteiger partial charge on any atom is 0.309 e. The van der Waals surface area contributed by atoms with Crippen LogP contribution < -0.4 is 0 Å². The number of cyclic esters (lactones) is 1. The molecule has 0 aliphatic carbocycles. The van der Waals surface area contributed by atoms with Gasteiger partial charge in [-0.2, -0.15) is 0 Å². The average Bonchev–Trinajstić information content (AvgIpc) is 2.13. The SMILES string of the molecule is CCC[C@@H]1CC(C)OC1=O. The van der Waals surface area contributed by atoms with Crippen molar-refractivity contribution in [2.24, 2.45) is 5.92 Å². The van der Waals surface area contributed by atoms with E-state index in [1.807, 2.05) is 6.92 Å². The normalized spacial score (nSPS) is 32.4. The van der Waals surface area contributed by atoms with Crippen molar-refractivity contribution in [1.82, 2.24) is 0 Å². The smallest absolute Gasteiger partial charge is 0.309 e. The lowest BCUT2D eigenvalue weighted by molar-refractivity contribution is -0.143. The molecule has 0 aromatic rings. The fraction of sp³-hybridized carbons (Fsp3) is 0.875. The zero-order valence-corrected chi connectivity index (χ0v) is 6.59. The summed E-state index contributed by atoms with van der Waals surface area (Å²) in [6.07, 6.45) is 3.14. The number of carbonyl (C=O) groups excluding carboxylic acids is 1. The Morgan fingerprint density at radius 1 is 1.70 bits per heavy atom. The van der Waals surface area contributed by atoms with E-state index in [4.69, 9.17) is 4.74 Å². The van der Waals surface area contributed by atoms with Crippen LogP contribution in [0.1, 0.15) is 33.1 Å². The van der Waals surface area contributed by atoms with Crippen LogP contribution in [0.25, 0.3) is 0 Å². The molecule has 0 N–H and O–H groups in total. The molecule has 1 aliphatic rings. The van der Waals surface area contributed by atoms with Crippen molar-refractivity contribution in [1.29, 1.82) is 0 Å². The second kappa shape index (κ2) is 3.04. The minimum absolute atomic E-state index is 0.00866. The molecule has 0 aromatic carbocycles. The van der Waals surface area contributed by atoms with Crippen LogP contribution in [0, 0.1) is 5.92 Å². The van der Waals surface area contributed by atoms with Gasteiger partial charge in [0.1, 0.15) is 0 Å². The van der Waals surface area contributed by atoms with Crippen molar-refractivity contribution < 1.29 is 9.53 Å². The zero-order valence-electron chi connectivity index (χ0n) is 6.59. The molecule has 1 fully saturated rings. The van der Waals surface area contributed by atoms with Crippen molar-refractivity contribution >= 4 is 5.97 Å². The van der Waals surface area contributed by atoms with Crippen LogP contribution in [-0.4, -0.2) is 12.1 Å². The Bertz CT molecular complexity index is 131. The van der Waals surface area contributed by atoms with E-state index in [9.17, 15) is 4.79 Å². The van der Waals surface area contributed by atoms with E-state index in [1.54, 1.807) is 0 Å². The summed E-state index contributed by atoms with van der Waals surface area (Å²) in [6, 6.07) is 0. The molecule has 0 radical (unpaired) electrons. The van der Waals surface area contributed by atoms with Gasteiger partial charge in [0.15, 0.2) is 0 Å². The molecule has 0 bridgehead atoms. The summed E-state index contributed by atoms with van der Waals surface area (Å²) in [4.78, 5) is 11.0. The highest BCUT2D eigenvalue weighted by atomic mass is 16.5. The number of hydrogen-bond acceptors (Lipinski definition) is 2. The lowest BCUT2D eigenvalue weighted by atomic mass is 10.0. The Balaban J connectivity index is 2.39. The molecule has 10 heavy (non-hydrogen) atoms. The Kier molecular flexibility index (Phi) is 2.30. The molecule has 2 atom stereocenters. The molecule has 2 nitrogen and oxygen atoms in total. The molecule has 1 rings (SSSR count). The van der Waals surface area contributed by atoms with Crippen molar-refractivity contribution in [2.45, 2.75) is 39.2 Å². The van der Waals surface area contributed by atoms with Crippen molar-refractivity contribution in [2.75, 3.05) is 0 Å². The minimum Gasteiger partial charge on any atom is -0.462 e. The van der Waals surface area contributed by atoms with Gasteiger partial charge in [-0.1, -0.05) is 13.3 Å². The largest absolute Gasteiger partial charge is 0.462 e. The van der Waals surface area contributed by atoms with Gasteiger partial charge in [0.05, 0.1) is 12.0 Å². The molecule has 2 heteroatoms. The minimum atomic E-state index is 0.00866. The zero-order chi connectivity index (χ0) is 7.56. The van der Waals surface area contributed by atoms with Gasteiger partial charge in [0, 0.05) is 0 Å². The van der Waals surface area contributed by atoms with E-state index >= 15 is 0 Å². The van der Waals surface area contributed by atoms with Crippen LogP contribution in [0.3, 0.4) is 0 Å². The number of rotatable bonds is 2. The first-order valence-electron chi connectivity index (χ1n) is 3.94. The third kappa shape index (κ3) is 1.49. The van der Waals surface area contributed by atoms with E-state index < -0.39 is 0 Å². The predicted molar refractivity (Wildman–Crippen MR) is 38.6 cm³/mol. The lowest BCUT2D eigenvalue weighted by Gasteiger charge is -1.99. The third-order valence-electron chi connectivity index (χ3n) is 1.90. The fourth-order valence-electron chi connectivity index (χ4n) is 1.42. The highest BCUT2D eigenvalue weighted by Crippen LogP contribution is 2.24. The average molecular weight is 142 g/mol. The maximum atomic E-state index is 11.0. The summed E-state index contributed by atoms with van der Waals surface area (Å²) in [5.74, 6) is 0.203. The van der Waals surface area contributed by atoms with Crippen molar-refractivity contribution in [3.05, 3.63) is 0 Å². The van der Waals surface area contributed by atoms with E-state index in [2.05, 4.69) is 6.92 Å². The van der Waals surface area contributed by atoms with Crippen LogP contribution >= 0.6 is 0 Å². The summed E-state index contributed by atoms with van der Waals surface area (Å²) in [6.45, 7) is 4.05. The Hall–Kier alpha value is -0.530. The molecule has 0 amide bonds. The monoisotopic (exact) mass is 142 g/mol. The van der Waals surface area contributed by atoms with Gasteiger partial charge in [-0.15, -0.1) is 0 Å². The van der Waals surface area contributed by atoms with Crippen LogP contribution in [0.5, 0.6) is 0 Å². The first kappa shape index (κ1) is 7.58. The molecular weight excluding hydrogens is 128 g/mol. The lowest BCUT2D eigenvalue weighted by Crippen LogP contribution is -2.06. The van der Waals surface area contributed by atoms with Gasteiger partial charge >= 0.3 is 5.97 Å². The quantitative estimate of drug-likeness (QED) is 0.549. The van der Waals surface area contributed by atoms with Gasteiger partial charge < -0.3 is 4.74 Å². The topological polar surface area (TPSA) is 26.3 Å². The fourth-order valence-corrected chi connectivity index (χ4v) is 1.42. The second-order valence-corrected chi connectivity index (χ2v) is 2.97. The highest BCUT2D eigenvalue weighted by molar-refractivity contribution is 5.74. The summed E-state index contributed by atoms with van der Waals surface area (Å²) >= 11 is 0. The Morgan fingerprint density at radius 2 is 2.40 bits per heavy atom.